The van der Waals surface area contributed by atoms with Gasteiger partial charge in [-0.15, -0.1) is 0 Å². The van der Waals surface area contributed by atoms with Crippen LogP contribution in [0, 0.1) is 17.0 Å². The minimum atomic E-state index is -2.52. The molecule has 2 aromatic rings. The molecule has 0 spiro atoms. The first-order valence-electron chi connectivity index (χ1n) is 9.67. The summed E-state index contributed by atoms with van der Waals surface area (Å²) in [6.07, 6.45) is -0.269. The Balaban J connectivity index is 1.70. The Morgan fingerprint density at radius 1 is 1.50 bits per heavy atom. The van der Waals surface area contributed by atoms with Crippen LogP contribution in [-0.2, 0) is 16.1 Å². The molecule has 2 heterocycles. The summed E-state index contributed by atoms with van der Waals surface area (Å²) in [6, 6.07) is 5.45. The van der Waals surface area contributed by atoms with E-state index in [1.165, 1.54) is 29.3 Å². The van der Waals surface area contributed by atoms with E-state index < -0.39 is 43.4 Å². The zero-order valence-corrected chi connectivity index (χ0v) is 14.5. The number of guanidine groups is 1. The summed E-state index contributed by atoms with van der Waals surface area (Å²) in [4.78, 5) is 16.9. The summed E-state index contributed by atoms with van der Waals surface area (Å²) in [6.45, 7) is -0.0816. The highest BCUT2D eigenvalue weighted by atomic mass is 19.1. The quantitative estimate of drug-likeness (QED) is 0.528. The molecule has 0 saturated carbocycles. The summed E-state index contributed by atoms with van der Waals surface area (Å²) in [5.41, 5.74) is 5.27. The maximum Gasteiger partial charge on any atom is 0.414 e. The summed E-state index contributed by atoms with van der Waals surface area (Å²) in [5, 5.41) is 8.85. The number of hydrogen-bond acceptors (Lipinski definition) is 6. The van der Waals surface area contributed by atoms with Crippen LogP contribution in [0.5, 0.6) is 0 Å². The molecule has 0 radical (unpaired) electrons. The number of pyridine rings is 1. The number of anilines is 1. The number of methoxy groups -OCH3 is 1. The van der Waals surface area contributed by atoms with Crippen LogP contribution in [-0.4, -0.2) is 43.3 Å². The van der Waals surface area contributed by atoms with Crippen molar-refractivity contribution in [2.45, 2.75) is 12.7 Å². The fraction of sp³-hybridized carbons (Fsp3) is 0.278. The molecule has 0 bridgehead atoms. The van der Waals surface area contributed by atoms with E-state index in [0.29, 0.717) is 0 Å². The first-order chi connectivity index (χ1) is 14.5. The summed E-state index contributed by atoms with van der Waals surface area (Å²) < 4.78 is 60.3. The second-order valence-corrected chi connectivity index (χ2v) is 6.07. The van der Waals surface area contributed by atoms with Crippen molar-refractivity contribution in [1.29, 1.82) is 5.41 Å². The first kappa shape index (κ1) is 15.8. The molecule has 1 aromatic carbocycles. The number of alkyl carbamates (subject to hydrolysis) is 1. The number of halogens is 2. The number of ether oxygens (including phenoxy) is 2. The Morgan fingerprint density at radius 2 is 2.29 bits per heavy atom. The van der Waals surface area contributed by atoms with E-state index in [9.17, 15) is 13.6 Å². The predicted molar refractivity (Wildman–Crippen MR) is 97.8 cm³/mol. The second kappa shape index (κ2) is 8.17. The van der Waals surface area contributed by atoms with Gasteiger partial charge in [-0.2, -0.15) is 0 Å². The molecule has 0 unspecified atom stereocenters. The van der Waals surface area contributed by atoms with Crippen molar-refractivity contribution in [3.05, 3.63) is 47.7 Å². The molecule has 1 amide bonds. The number of rotatable bonds is 5. The van der Waals surface area contributed by atoms with Gasteiger partial charge in [0, 0.05) is 43.0 Å². The molecule has 1 aliphatic heterocycles. The normalized spacial score (nSPS) is 15.8. The maximum absolute atomic E-state index is 14.8. The van der Waals surface area contributed by atoms with Crippen LogP contribution in [0.25, 0.3) is 11.1 Å². The van der Waals surface area contributed by atoms with Crippen LogP contribution in [0.1, 0.15) is 9.68 Å². The smallest absolute Gasteiger partial charge is 0.414 e. The highest BCUT2D eigenvalue weighted by Gasteiger charge is 2.29. The van der Waals surface area contributed by atoms with E-state index in [1.807, 2.05) is 5.32 Å². The highest BCUT2D eigenvalue weighted by Crippen LogP contribution is 2.29. The SMILES string of the molecule is [2H]C([2H])([2H])OC1CN(c2ncc(-c3cccc(COC(=O)NC(=N)N)c3F)cc2F)C1. The Morgan fingerprint density at radius 3 is 2.96 bits per heavy atom. The number of carbonyl (C=O) groups is 1. The molecular weight excluding hydrogens is 372 g/mol. The topological polar surface area (TPSA) is 114 Å². The van der Waals surface area contributed by atoms with E-state index in [-0.39, 0.29) is 35.6 Å². The monoisotopic (exact) mass is 394 g/mol. The molecule has 0 atom stereocenters. The lowest BCUT2D eigenvalue weighted by atomic mass is 10.0. The maximum atomic E-state index is 14.8. The molecule has 148 valence electrons. The summed E-state index contributed by atoms with van der Waals surface area (Å²) in [5.74, 6) is -2.02. The molecular formula is C18H19F2N5O3. The lowest BCUT2D eigenvalue weighted by molar-refractivity contribution is 0.0779. The minimum absolute atomic E-state index is 0.00921. The van der Waals surface area contributed by atoms with Gasteiger partial charge >= 0.3 is 6.09 Å². The third-order valence-corrected chi connectivity index (χ3v) is 4.12. The number of benzene rings is 1. The van der Waals surface area contributed by atoms with Crippen molar-refractivity contribution in [3.8, 4) is 11.1 Å². The van der Waals surface area contributed by atoms with Crippen LogP contribution in [0.4, 0.5) is 19.4 Å². The molecule has 8 nitrogen and oxygen atoms in total. The molecule has 1 fully saturated rings. The average Bonchev–Trinajstić information content (AvgIpc) is 2.62. The highest BCUT2D eigenvalue weighted by molar-refractivity contribution is 5.90. The number of nitrogens with two attached hydrogens (primary N) is 1. The molecule has 1 aliphatic rings. The van der Waals surface area contributed by atoms with Crippen molar-refractivity contribution < 1.29 is 27.2 Å². The Kier molecular flexibility index (Phi) is 4.60. The molecule has 3 rings (SSSR count). The predicted octanol–water partition coefficient (Wildman–Crippen LogP) is 1.98. The number of carbonyl (C=O) groups excluding carboxylic acids is 1. The first-order valence-corrected chi connectivity index (χ1v) is 8.17. The van der Waals surface area contributed by atoms with Gasteiger partial charge in [-0.1, -0.05) is 18.2 Å². The Labute approximate surface area is 164 Å². The number of hydrogen-bond donors (Lipinski definition) is 3. The summed E-state index contributed by atoms with van der Waals surface area (Å²) >= 11 is 0. The lowest BCUT2D eigenvalue weighted by Crippen LogP contribution is -2.52. The van der Waals surface area contributed by atoms with Gasteiger partial charge in [-0.05, 0) is 6.07 Å². The van der Waals surface area contributed by atoms with Crippen molar-refractivity contribution >= 4 is 17.9 Å². The van der Waals surface area contributed by atoms with E-state index >= 15 is 0 Å². The molecule has 1 aromatic heterocycles. The van der Waals surface area contributed by atoms with E-state index in [1.54, 1.807) is 0 Å². The summed E-state index contributed by atoms with van der Waals surface area (Å²) in [7, 11) is -2.52. The van der Waals surface area contributed by atoms with Gasteiger partial charge in [0.1, 0.15) is 12.4 Å². The second-order valence-electron chi connectivity index (χ2n) is 6.07. The van der Waals surface area contributed by atoms with Crippen molar-refractivity contribution in [1.82, 2.24) is 10.3 Å². The number of aromatic nitrogens is 1. The van der Waals surface area contributed by atoms with E-state index in [0.717, 1.165) is 6.07 Å². The van der Waals surface area contributed by atoms with Gasteiger partial charge in [-0.25, -0.2) is 18.6 Å². The standard InChI is InChI=1S/C18H19F2N5O3/c1-27-12-7-25(8-12)16-14(19)5-11(6-23-16)13-4-2-3-10(15(13)20)9-28-18(26)24-17(21)22/h2-6,12H,7-9H2,1H3,(H4,21,22,24,26)/i1D3. The van der Waals surface area contributed by atoms with Gasteiger partial charge < -0.3 is 20.1 Å². The molecule has 1 saturated heterocycles. The molecule has 0 aliphatic carbocycles. The van der Waals surface area contributed by atoms with E-state index in [2.05, 4.69) is 4.98 Å². The number of amides is 1. The van der Waals surface area contributed by atoms with Gasteiger partial charge in [0.05, 0.1) is 10.2 Å². The van der Waals surface area contributed by atoms with Crippen LogP contribution < -0.4 is 16.0 Å². The van der Waals surface area contributed by atoms with Crippen LogP contribution in [0.2, 0.25) is 0 Å². The van der Waals surface area contributed by atoms with Crippen molar-refractivity contribution in [3.63, 3.8) is 0 Å². The van der Waals surface area contributed by atoms with Gasteiger partial charge in [0.15, 0.2) is 17.6 Å². The number of nitrogens with one attached hydrogen (secondary N) is 2. The van der Waals surface area contributed by atoms with Crippen LogP contribution >= 0.6 is 0 Å². The van der Waals surface area contributed by atoms with Crippen LogP contribution in [0.3, 0.4) is 0 Å². The lowest BCUT2D eigenvalue weighted by Gasteiger charge is -2.39. The average molecular weight is 394 g/mol. The Hall–Kier alpha value is -3.27. The van der Waals surface area contributed by atoms with Gasteiger partial charge in [0.25, 0.3) is 0 Å². The van der Waals surface area contributed by atoms with Gasteiger partial charge in [0.2, 0.25) is 0 Å². The largest absolute Gasteiger partial charge is 0.444 e. The van der Waals surface area contributed by atoms with Crippen LogP contribution in [0.15, 0.2) is 30.5 Å². The molecule has 28 heavy (non-hydrogen) atoms. The van der Waals surface area contributed by atoms with Crippen molar-refractivity contribution in [2.24, 2.45) is 5.73 Å². The zero-order chi connectivity index (χ0) is 22.8. The molecule has 4 N–H and O–H groups in total. The third kappa shape index (κ3) is 4.17. The number of nitrogens with zero attached hydrogens (tertiary/aromatic N) is 2. The van der Waals surface area contributed by atoms with Crippen molar-refractivity contribution in [2.75, 3.05) is 25.0 Å². The molecule has 10 heteroatoms. The van der Waals surface area contributed by atoms with E-state index in [4.69, 9.17) is 24.7 Å². The van der Waals surface area contributed by atoms with Gasteiger partial charge in [-0.3, -0.25) is 10.7 Å². The fourth-order valence-corrected chi connectivity index (χ4v) is 2.70. The third-order valence-electron chi connectivity index (χ3n) is 4.12. The Bertz CT molecular complexity index is 1000. The minimum Gasteiger partial charge on any atom is -0.444 e. The fourth-order valence-electron chi connectivity index (χ4n) is 2.70. The zero-order valence-electron chi connectivity index (χ0n) is 17.5.